The van der Waals surface area contributed by atoms with Crippen molar-refractivity contribution in [3.05, 3.63) is 132 Å². The van der Waals surface area contributed by atoms with Gasteiger partial charge in [0.05, 0.1) is 12.0 Å². The number of carbonyl (C=O) groups is 1. The smallest absolute Gasteiger partial charge is 0.253 e. The van der Waals surface area contributed by atoms with Gasteiger partial charge >= 0.3 is 0 Å². The summed E-state index contributed by atoms with van der Waals surface area (Å²) in [6, 6.07) is 30.2. The molecule has 34 heavy (non-hydrogen) atoms. The van der Waals surface area contributed by atoms with E-state index >= 15 is 0 Å². The minimum absolute atomic E-state index is 0.310. The van der Waals surface area contributed by atoms with Crippen LogP contribution in [-0.4, -0.2) is 10.5 Å². The van der Waals surface area contributed by atoms with Gasteiger partial charge in [0.1, 0.15) is 18.9 Å². The number of carbonyl (C=O) groups excluding carboxylic acids is 1. The first-order valence-corrected chi connectivity index (χ1v) is 11.8. The lowest BCUT2D eigenvalue weighted by molar-refractivity contribution is -0.692. The third kappa shape index (κ3) is 5.01. The topological polar surface area (TPSA) is 51.9 Å². The van der Waals surface area contributed by atoms with Gasteiger partial charge in [-0.2, -0.15) is 0 Å². The number of primary amides is 1. The van der Waals surface area contributed by atoms with Crippen LogP contribution in [0.5, 0.6) is 0 Å². The Hall–Kier alpha value is -3.92. The van der Waals surface area contributed by atoms with Crippen molar-refractivity contribution >= 4 is 12.0 Å². The number of imidazole rings is 1. The average molecular weight is 451 g/mol. The predicted molar refractivity (Wildman–Crippen MR) is 137 cm³/mol. The third-order valence-corrected chi connectivity index (χ3v) is 6.57. The van der Waals surface area contributed by atoms with E-state index in [-0.39, 0.29) is 5.91 Å². The Bertz CT molecular complexity index is 1190. The Labute approximate surface area is 202 Å². The summed E-state index contributed by atoms with van der Waals surface area (Å²) in [4.78, 5) is 13.0. The number of rotatable bonds is 10. The SMILES string of the molecule is Cc1n(CCCC(C(N)=O)(c2ccccc2)c2ccccc2)cc[n+]1C/C=C/c1ccccc1. The van der Waals surface area contributed by atoms with Crippen LogP contribution in [0.1, 0.15) is 35.4 Å². The number of aryl methyl sites for hydroxylation is 1. The summed E-state index contributed by atoms with van der Waals surface area (Å²) in [7, 11) is 0. The maximum Gasteiger partial charge on any atom is 0.253 e. The van der Waals surface area contributed by atoms with E-state index in [0.29, 0.717) is 6.42 Å². The molecule has 4 rings (SSSR count). The zero-order chi connectivity index (χ0) is 23.8. The van der Waals surface area contributed by atoms with Gasteiger partial charge in [0.2, 0.25) is 5.91 Å². The van der Waals surface area contributed by atoms with Gasteiger partial charge < -0.3 is 5.73 Å². The zero-order valence-electron chi connectivity index (χ0n) is 19.7. The molecular formula is C30H32N3O+. The van der Waals surface area contributed by atoms with Crippen LogP contribution in [0.4, 0.5) is 0 Å². The summed E-state index contributed by atoms with van der Waals surface area (Å²) < 4.78 is 4.48. The highest BCUT2D eigenvalue weighted by Gasteiger charge is 2.40. The van der Waals surface area contributed by atoms with E-state index < -0.39 is 5.41 Å². The normalized spacial score (nSPS) is 11.7. The van der Waals surface area contributed by atoms with E-state index in [4.69, 9.17) is 5.73 Å². The van der Waals surface area contributed by atoms with E-state index in [9.17, 15) is 4.79 Å². The molecule has 0 fully saturated rings. The maximum atomic E-state index is 13.0. The Kier molecular flexibility index (Phi) is 7.38. The number of hydrogen-bond donors (Lipinski definition) is 1. The minimum atomic E-state index is -0.849. The second-order valence-corrected chi connectivity index (χ2v) is 8.61. The molecular weight excluding hydrogens is 418 g/mol. The number of hydrogen-bond acceptors (Lipinski definition) is 1. The lowest BCUT2D eigenvalue weighted by Crippen LogP contribution is -2.42. The van der Waals surface area contributed by atoms with Crippen LogP contribution in [0.2, 0.25) is 0 Å². The molecule has 1 heterocycles. The fourth-order valence-electron chi connectivity index (χ4n) is 4.66. The molecule has 0 radical (unpaired) electrons. The van der Waals surface area contributed by atoms with Crippen molar-refractivity contribution in [1.82, 2.24) is 4.57 Å². The van der Waals surface area contributed by atoms with Gasteiger partial charge in [-0.15, -0.1) is 0 Å². The van der Waals surface area contributed by atoms with Crippen molar-refractivity contribution in [2.45, 2.75) is 38.3 Å². The average Bonchev–Trinajstić information content (AvgIpc) is 3.22. The molecule has 172 valence electrons. The summed E-state index contributed by atoms with van der Waals surface area (Å²) in [6.07, 6.45) is 10.0. The summed E-state index contributed by atoms with van der Waals surface area (Å²) in [5.74, 6) is 0.872. The molecule has 0 aliphatic heterocycles. The number of amides is 1. The lowest BCUT2D eigenvalue weighted by Gasteiger charge is -2.32. The van der Waals surface area contributed by atoms with Gasteiger partial charge in [0.15, 0.2) is 0 Å². The van der Waals surface area contributed by atoms with E-state index in [1.54, 1.807) is 0 Å². The minimum Gasteiger partial charge on any atom is -0.369 e. The van der Waals surface area contributed by atoms with Crippen LogP contribution < -0.4 is 10.3 Å². The van der Waals surface area contributed by atoms with Gasteiger partial charge in [0.25, 0.3) is 5.82 Å². The quantitative estimate of drug-likeness (QED) is 0.338. The third-order valence-electron chi connectivity index (χ3n) is 6.57. The fraction of sp³-hybridized carbons (Fsp3) is 0.200. The number of nitrogens with zero attached hydrogens (tertiary/aromatic N) is 2. The highest BCUT2D eigenvalue weighted by molar-refractivity contribution is 5.90. The molecule has 2 N–H and O–H groups in total. The van der Waals surface area contributed by atoms with Crippen LogP contribution in [0.25, 0.3) is 6.08 Å². The molecule has 1 aromatic heterocycles. The number of allylic oxidation sites excluding steroid dienone is 1. The van der Waals surface area contributed by atoms with Crippen LogP contribution in [0.3, 0.4) is 0 Å². The van der Waals surface area contributed by atoms with Crippen LogP contribution in [0, 0.1) is 6.92 Å². The van der Waals surface area contributed by atoms with Crippen LogP contribution in [0.15, 0.2) is 109 Å². The molecule has 0 saturated heterocycles. The van der Waals surface area contributed by atoms with E-state index in [1.807, 2.05) is 78.9 Å². The van der Waals surface area contributed by atoms with E-state index in [1.165, 1.54) is 11.4 Å². The number of benzene rings is 3. The second-order valence-electron chi connectivity index (χ2n) is 8.61. The molecule has 0 saturated carbocycles. The molecule has 3 aromatic carbocycles. The summed E-state index contributed by atoms with van der Waals surface area (Å²) in [5.41, 5.74) is 8.33. The summed E-state index contributed by atoms with van der Waals surface area (Å²) in [5, 5.41) is 0. The predicted octanol–water partition coefficient (Wildman–Crippen LogP) is 5.05. The zero-order valence-corrected chi connectivity index (χ0v) is 19.7. The van der Waals surface area contributed by atoms with Gasteiger partial charge in [-0.05, 0) is 35.6 Å². The van der Waals surface area contributed by atoms with Crippen molar-refractivity contribution < 1.29 is 9.36 Å². The van der Waals surface area contributed by atoms with Gasteiger partial charge in [-0.1, -0.05) is 97.1 Å². The molecule has 0 aliphatic rings. The summed E-state index contributed by atoms with van der Waals surface area (Å²) >= 11 is 0. The molecule has 0 atom stereocenters. The standard InChI is InChI=1S/C30H31N3O/c1-25-32(21-11-15-26-13-5-2-6-14-26)23-24-33(25)22-12-20-30(29(31)34,27-16-7-3-8-17-27)28-18-9-4-10-19-28/h2-11,13-19,23-24H,12,20-22H2,1H3,(H-,31,34)/p+1/b15-11+. The Morgan fingerprint density at radius 2 is 1.47 bits per heavy atom. The first-order chi connectivity index (χ1) is 16.6. The molecule has 1 amide bonds. The molecule has 4 nitrogen and oxygen atoms in total. The Morgan fingerprint density at radius 3 is 2.03 bits per heavy atom. The van der Waals surface area contributed by atoms with Crippen molar-refractivity contribution in [3.8, 4) is 0 Å². The van der Waals surface area contributed by atoms with E-state index in [0.717, 1.165) is 30.6 Å². The first-order valence-electron chi connectivity index (χ1n) is 11.8. The second kappa shape index (κ2) is 10.8. The molecule has 4 heteroatoms. The van der Waals surface area contributed by atoms with Gasteiger partial charge in [-0.25, -0.2) is 9.13 Å². The highest BCUT2D eigenvalue weighted by atomic mass is 16.1. The van der Waals surface area contributed by atoms with E-state index in [2.05, 4.69) is 52.7 Å². The molecule has 4 aromatic rings. The van der Waals surface area contributed by atoms with Crippen molar-refractivity contribution in [2.24, 2.45) is 5.73 Å². The maximum absolute atomic E-state index is 13.0. The molecule has 0 spiro atoms. The number of aromatic nitrogens is 2. The number of nitrogens with two attached hydrogens (primary N) is 1. The summed E-state index contributed by atoms with van der Waals surface area (Å²) in [6.45, 7) is 3.76. The first kappa shape index (κ1) is 23.2. The highest BCUT2D eigenvalue weighted by Crippen LogP contribution is 2.37. The fourth-order valence-corrected chi connectivity index (χ4v) is 4.66. The molecule has 0 unspecified atom stereocenters. The Balaban J connectivity index is 1.49. The van der Waals surface area contributed by atoms with Crippen LogP contribution in [-0.2, 0) is 23.3 Å². The van der Waals surface area contributed by atoms with Gasteiger partial charge in [0, 0.05) is 6.92 Å². The largest absolute Gasteiger partial charge is 0.369 e. The van der Waals surface area contributed by atoms with Crippen molar-refractivity contribution in [2.75, 3.05) is 0 Å². The van der Waals surface area contributed by atoms with Gasteiger partial charge in [-0.3, -0.25) is 4.79 Å². The molecule has 0 aliphatic carbocycles. The van der Waals surface area contributed by atoms with Crippen LogP contribution >= 0.6 is 0 Å². The monoisotopic (exact) mass is 450 g/mol. The lowest BCUT2D eigenvalue weighted by atomic mass is 9.70. The van der Waals surface area contributed by atoms with Crippen molar-refractivity contribution in [1.29, 1.82) is 0 Å². The van der Waals surface area contributed by atoms with Crippen molar-refractivity contribution in [3.63, 3.8) is 0 Å². The Morgan fingerprint density at radius 1 is 0.912 bits per heavy atom. The molecule has 0 bridgehead atoms.